The normalized spacial score (nSPS) is 12.3. The molecule has 0 spiro atoms. The summed E-state index contributed by atoms with van der Waals surface area (Å²) >= 11 is 1.60. The molecule has 0 radical (unpaired) electrons. The highest BCUT2D eigenvalue weighted by molar-refractivity contribution is 7.99. The lowest BCUT2D eigenvalue weighted by molar-refractivity contribution is 0.101. The number of hydrogen-bond acceptors (Lipinski definition) is 5. The Morgan fingerprint density at radius 1 is 0.773 bits per heavy atom. The largest absolute Gasteiger partial charge is 0.355 e. The highest BCUT2D eigenvalue weighted by Crippen LogP contribution is 2.40. The molecule has 8 heteroatoms. The Hall–Kier alpha value is -5.47. The highest BCUT2D eigenvalue weighted by Gasteiger charge is 2.19. The average molecular weight is 591 g/mol. The van der Waals surface area contributed by atoms with E-state index in [4.69, 9.17) is 9.97 Å². The van der Waals surface area contributed by atoms with Gasteiger partial charge in [0.2, 0.25) is 0 Å². The van der Waals surface area contributed by atoms with Crippen molar-refractivity contribution in [1.82, 2.24) is 29.5 Å². The summed E-state index contributed by atoms with van der Waals surface area (Å²) in [5.74, 6) is -0.0172. The number of Topliss-reactive ketones (excluding diaryl/α,β-unsaturated/α-hetero) is 1. The zero-order valence-corrected chi connectivity index (χ0v) is 24.6. The molecule has 7 nitrogen and oxygen atoms in total. The van der Waals surface area contributed by atoms with Crippen LogP contribution in [-0.4, -0.2) is 35.3 Å². The number of rotatable bonds is 5. The van der Waals surface area contributed by atoms with Gasteiger partial charge in [-0.3, -0.25) is 9.78 Å². The molecule has 0 fully saturated rings. The lowest BCUT2D eigenvalue weighted by Crippen LogP contribution is -1.97. The molecule has 5 aromatic heterocycles. The van der Waals surface area contributed by atoms with Crippen LogP contribution in [0.1, 0.15) is 45.6 Å². The van der Waals surface area contributed by atoms with Gasteiger partial charge in [0.15, 0.2) is 5.78 Å². The molecule has 0 saturated heterocycles. The summed E-state index contributed by atoms with van der Waals surface area (Å²) in [6.07, 6.45) is 13.7. The number of carbonyl (C=O) groups is 1. The van der Waals surface area contributed by atoms with Crippen molar-refractivity contribution in [3.8, 4) is 0 Å². The number of ketones is 1. The maximum absolute atomic E-state index is 13.3. The molecule has 44 heavy (non-hydrogen) atoms. The quantitative estimate of drug-likeness (QED) is 0.196. The van der Waals surface area contributed by atoms with Gasteiger partial charge in [-0.1, -0.05) is 17.8 Å². The molecule has 0 unspecified atom stereocenters. The minimum Gasteiger partial charge on any atom is -0.355 e. The fourth-order valence-corrected chi connectivity index (χ4v) is 6.95. The molecular weight excluding hydrogens is 565 g/mol. The first kappa shape index (κ1) is 26.2. The smallest absolute Gasteiger partial charge is 0.163 e. The van der Waals surface area contributed by atoms with Gasteiger partial charge in [-0.25, -0.2) is 9.97 Å². The van der Waals surface area contributed by atoms with Gasteiger partial charge >= 0.3 is 0 Å². The second-order valence-electron chi connectivity index (χ2n) is 10.8. The van der Waals surface area contributed by atoms with Gasteiger partial charge < -0.3 is 14.5 Å². The van der Waals surface area contributed by atoms with Crippen LogP contribution in [0, 0.1) is 0 Å². The lowest BCUT2D eigenvalue weighted by atomic mass is 10.2. The molecule has 0 amide bonds. The van der Waals surface area contributed by atoms with Crippen LogP contribution in [0.3, 0.4) is 0 Å². The van der Waals surface area contributed by atoms with Crippen LogP contribution in [0.2, 0.25) is 0 Å². The van der Waals surface area contributed by atoms with Crippen molar-refractivity contribution in [1.29, 1.82) is 0 Å². The first-order chi connectivity index (χ1) is 21.6. The number of H-pyrrole nitrogens is 2. The fraction of sp³-hybridized carbons (Fsp3) is 0.0556. The van der Waals surface area contributed by atoms with Crippen molar-refractivity contribution in [2.75, 3.05) is 0 Å². The van der Waals surface area contributed by atoms with E-state index < -0.39 is 0 Å². The van der Waals surface area contributed by atoms with E-state index in [1.165, 1.54) is 5.56 Å². The van der Waals surface area contributed by atoms with Gasteiger partial charge in [0.05, 0.1) is 39.4 Å². The molecule has 0 aliphatic carbocycles. The number of carbonyl (C=O) groups excluding carboxylic acids is 1. The van der Waals surface area contributed by atoms with Crippen LogP contribution in [0.4, 0.5) is 0 Å². The van der Waals surface area contributed by atoms with E-state index in [0.29, 0.717) is 5.56 Å². The van der Waals surface area contributed by atoms with Crippen LogP contribution in [0.25, 0.3) is 57.3 Å². The SMILES string of the molecule is CC(=O)c1c(Sc2cccc3c2ccn3Cc2ccncc2)c2cc3nc(cc4ccc(cc5nc(cc1[nH]2)C=C5)[nH]4)C=C3. The van der Waals surface area contributed by atoms with Crippen LogP contribution in [0.15, 0.2) is 101 Å². The Morgan fingerprint density at radius 3 is 2.11 bits per heavy atom. The predicted molar refractivity (Wildman–Crippen MR) is 178 cm³/mol. The van der Waals surface area contributed by atoms with Gasteiger partial charge in [-0.05, 0) is 104 Å². The molecule has 2 aliphatic heterocycles. The molecule has 2 aliphatic rings. The number of aromatic nitrogens is 6. The molecule has 0 atom stereocenters. The van der Waals surface area contributed by atoms with Crippen LogP contribution in [0.5, 0.6) is 0 Å². The second kappa shape index (κ2) is 10.7. The molecular formula is C36H26N6OS. The van der Waals surface area contributed by atoms with Crippen LogP contribution < -0.4 is 0 Å². The molecule has 212 valence electrons. The number of hydrogen-bond donors (Lipinski definition) is 2. The number of pyridine rings is 1. The number of nitrogens with zero attached hydrogens (tertiary/aromatic N) is 4. The third kappa shape index (κ3) is 4.95. The van der Waals surface area contributed by atoms with Gasteiger partial charge in [0.25, 0.3) is 0 Å². The Morgan fingerprint density at radius 2 is 1.43 bits per heavy atom. The minimum atomic E-state index is -0.0172. The number of benzene rings is 1. The van der Waals surface area contributed by atoms with Crippen molar-refractivity contribution in [2.45, 2.75) is 23.3 Å². The van der Waals surface area contributed by atoms with Crippen molar-refractivity contribution in [2.24, 2.45) is 0 Å². The Bertz CT molecular complexity index is 2320. The Labute approximate surface area is 257 Å². The van der Waals surface area contributed by atoms with E-state index in [9.17, 15) is 4.79 Å². The number of fused-ring (bicyclic) bond motifs is 9. The first-order valence-corrected chi connectivity index (χ1v) is 15.1. The zero-order chi connectivity index (χ0) is 29.6. The van der Waals surface area contributed by atoms with E-state index in [0.717, 1.165) is 72.1 Å². The fourth-order valence-electron chi connectivity index (χ4n) is 5.73. The standard InChI is InChI=1S/C36H26N6OS/c1-22(43)35-31-19-28-9-7-26(39-28)17-24-5-6-25(38-24)18-27-8-10-29(40-27)20-32(41-31)36(35)44-34-4-2-3-33-30(34)13-16-42(33)21-23-11-14-37-15-12-23/h2-20,38,41H,21H2,1H3. The third-order valence-electron chi connectivity index (χ3n) is 7.74. The molecule has 8 rings (SSSR count). The topological polar surface area (TPSA) is 92.2 Å². The predicted octanol–water partition coefficient (Wildman–Crippen LogP) is 8.41. The molecule has 6 aromatic rings. The van der Waals surface area contributed by atoms with Crippen molar-refractivity contribution in [3.05, 3.63) is 125 Å². The van der Waals surface area contributed by atoms with Crippen molar-refractivity contribution in [3.63, 3.8) is 0 Å². The van der Waals surface area contributed by atoms with Gasteiger partial charge in [0, 0.05) is 56.9 Å². The van der Waals surface area contributed by atoms with Crippen molar-refractivity contribution < 1.29 is 4.79 Å². The van der Waals surface area contributed by atoms with E-state index in [1.807, 2.05) is 85.2 Å². The Balaban J connectivity index is 1.33. The van der Waals surface area contributed by atoms with E-state index in [1.54, 1.807) is 18.7 Å². The van der Waals surface area contributed by atoms with E-state index in [2.05, 4.69) is 50.0 Å². The summed E-state index contributed by atoms with van der Waals surface area (Å²) in [6, 6.07) is 24.6. The summed E-state index contributed by atoms with van der Waals surface area (Å²) in [6.45, 7) is 2.37. The number of nitrogens with one attached hydrogen (secondary N) is 2. The summed E-state index contributed by atoms with van der Waals surface area (Å²) in [4.78, 5) is 36.0. The zero-order valence-electron chi connectivity index (χ0n) is 23.8. The summed E-state index contributed by atoms with van der Waals surface area (Å²) in [5.41, 5.74) is 9.71. The lowest BCUT2D eigenvalue weighted by Gasteiger charge is -2.08. The maximum atomic E-state index is 13.3. The molecule has 8 bridgehead atoms. The molecule has 7 heterocycles. The molecule has 2 N–H and O–H groups in total. The summed E-state index contributed by atoms with van der Waals surface area (Å²) in [5, 5.41) is 1.13. The second-order valence-corrected chi connectivity index (χ2v) is 11.9. The number of aromatic amines is 2. The van der Waals surface area contributed by atoms with E-state index in [-0.39, 0.29) is 5.78 Å². The van der Waals surface area contributed by atoms with E-state index >= 15 is 0 Å². The first-order valence-electron chi connectivity index (χ1n) is 14.3. The monoisotopic (exact) mass is 590 g/mol. The Kier molecular flexibility index (Phi) is 6.34. The van der Waals surface area contributed by atoms with Gasteiger partial charge in [0.1, 0.15) is 0 Å². The summed E-state index contributed by atoms with van der Waals surface area (Å²) < 4.78 is 2.24. The van der Waals surface area contributed by atoms with Gasteiger partial charge in [-0.15, -0.1) is 0 Å². The minimum absolute atomic E-state index is 0.0172. The molecule has 1 aromatic carbocycles. The molecule has 0 saturated carbocycles. The highest BCUT2D eigenvalue weighted by atomic mass is 32.2. The van der Waals surface area contributed by atoms with Crippen molar-refractivity contribution >= 4 is 74.8 Å². The van der Waals surface area contributed by atoms with Gasteiger partial charge in [-0.2, -0.15) is 0 Å². The average Bonchev–Trinajstić information content (AvgIpc) is 3.85. The maximum Gasteiger partial charge on any atom is 0.163 e. The van der Waals surface area contributed by atoms with Crippen LogP contribution >= 0.6 is 11.8 Å². The summed E-state index contributed by atoms with van der Waals surface area (Å²) in [7, 11) is 0. The third-order valence-corrected chi connectivity index (χ3v) is 8.94. The van der Waals surface area contributed by atoms with Crippen LogP contribution in [-0.2, 0) is 6.54 Å².